The van der Waals surface area contributed by atoms with Gasteiger partial charge in [0.1, 0.15) is 0 Å². The molecule has 16 heavy (non-hydrogen) atoms. The molecule has 0 spiro atoms. The average Bonchev–Trinajstić information content (AvgIpc) is 3.14. The Morgan fingerprint density at radius 3 is 1.19 bits per heavy atom. The minimum Gasteiger partial charge on any atom is -0.159 e. The fourth-order valence-electron chi connectivity index (χ4n) is 2.00. The van der Waals surface area contributed by atoms with Crippen molar-refractivity contribution in [3.05, 3.63) is 0 Å². The van der Waals surface area contributed by atoms with Gasteiger partial charge in [-0.2, -0.15) is 20.5 Å². The Morgan fingerprint density at radius 2 is 0.875 bits per heavy atom. The van der Waals surface area contributed by atoms with E-state index in [1.807, 2.05) is 0 Å². The van der Waals surface area contributed by atoms with Crippen LogP contribution in [0.5, 0.6) is 0 Å². The van der Waals surface area contributed by atoms with Gasteiger partial charge >= 0.3 is 0 Å². The molecule has 2 aliphatic heterocycles. The topological polar surface area (TPSA) is 49.4 Å². The summed E-state index contributed by atoms with van der Waals surface area (Å²) in [6.45, 7) is 4.21. The summed E-state index contributed by atoms with van der Waals surface area (Å²) in [5.41, 5.74) is 0.0349. The van der Waals surface area contributed by atoms with Gasteiger partial charge < -0.3 is 0 Å². The molecule has 0 radical (unpaired) electrons. The lowest BCUT2D eigenvalue weighted by Crippen LogP contribution is -2.03. The molecule has 90 valence electrons. The summed E-state index contributed by atoms with van der Waals surface area (Å²) in [5, 5.41) is 16.1. The van der Waals surface area contributed by atoms with Crippen LogP contribution >= 0.6 is 0 Å². The van der Waals surface area contributed by atoms with Crippen LogP contribution in [0.25, 0.3) is 0 Å². The predicted molar refractivity (Wildman–Crippen MR) is 63.5 cm³/mol. The maximum absolute atomic E-state index is 4.02. The molecule has 0 saturated carbocycles. The molecule has 0 aliphatic carbocycles. The predicted octanol–water partition coefficient (Wildman–Crippen LogP) is 4.47. The van der Waals surface area contributed by atoms with Gasteiger partial charge in [-0.3, -0.25) is 0 Å². The normalized spacial score (nSPS) is 22.4. The Bertz CT molecular complexity index is 253. The van der Waals surface area contributed by atoms with Crippen molar-refractivity contribution in [2.45, 2.75) is 76.5 Å². The van der Waals surface area contributed by atoms with Crippen LogP contribution in [0.2, 0.25) is 0 Å². The molecular weight excluding hydrogens is 200 g/mol. The lowest BCUT2D eigenvalue weighted by atomic mass is 10.0. The standard InChI is InChI=1S/C12H22N4/c1-11(13-14-11)9-7-5-3-4-6-8-10-12(2)15-16-12/h3-10H2,1-2H3. The van der Waals surface area contributed by atoms with Gasteiger partial charge in [-0.1, -0.05) is 25.7 Å². The lowest BCUT2D eigenvalue weighted by molar-refractivity contribution is 0.498. The first-order valence-corrected chi connectivity index (χ1v) is 6.50. The third kappa shape index (κ3) is 3.99. The van der Waals surface area contributed by atoms with E-state index in [2.05, 4.69) is 34.3 Å². The second-order valence-corrected chi connectivity index (χ2v) is 5.46. The van der Waals surface area contributed by atoms with Crippen LogP contribution in [0.15, 0.2) is 20.5 Å². The SMILES string of the molecule is CC1(CCCCCCCCC2(C)N=N2)N=N1. The minimum atomic E-state index is 0.0174. The number of nitrogens with zero attached hydrogens (tertiary/aromatic N) is 4. The smallest absolute Gasteiger partial charge is 0.159 e. The summed E-state index contributed by atoms with van der Waals surface area (Å²) in [7, 11) is 0. The fraction of sp³-hybridized carbons (Fsp3) is 1.00. The molecule has 0 aromatic heterocycles. The minimum absolute atomic E-state index is 0.0174. The van der Waals surface area contributed by atoms with Crippen LogP contribution in [0.1, 0.15) is 65.2 Å². The van der Waals surface area contributed by atoms with E-state index < -0.39 is 0 Å². The molecule has 0 atom stereocenters. The van der Waals surface area contributed by atoms with Gasteiger partial charge in [-0.15, -0.1) is 0 Å². The van der Waals surface area contributed by atoms with Crippen molar-refractivity contribution < 1.29 is 0 Å². The Hall–Kier alpha value is -0.800. The zero-order chi connectivity index (χ0) is 11.5. The monoisotopic (exact) mass is 222 g/mol. The molecule has 0 unspecified atom stereocenters. The molecule has 2 rings (SSSR count). The van der Waals surface area contributed by atoms with E-state index >= 15 is 0 Å². The molecule has 4 nitrogen and oxygen atoms in total. The zero-order valence-electron chi connectivity index (χ0n) is 10.4. The Balaban J connectivity index is 1.32. The Morgan fingerprint density at radius 1 is 0.562 bits per heavy atom. The van der Waals surface area contributed by atoms with Crippen molar-refractivity contribution in [2.75, 3.05) is 0 Å². The first-order valence-electron chi connectivity index (χ1n) is 6.50. The lowest BCUT2D eigenvalue weighted by Gasteiger charge is -2.05. The van der Waals surface area contributed by atoms with Gasteiger partial charge in [0.2, 0.25) is 0 Å². The number of hydrogen-bond donors (Lipinski definition) is 0. The highest BCUT2D eigenvalue weighted by Gasteiger charge is 2.33. The van der Waals surface area contributed by atoms with Gasteiger partial charge in [-0.25, -0.2) is 0 Å². The van der Waals surface area contributed by atoms with E-state index in [-0.39, 0.29) is 11.3 Å². The van der Waals surface area contributed by atoms with Crippen molar-refractivity contribution in [2.24, 2.45) is 20.5 Å². The summed E-state index contributed by atoms with van der Waals surface area (Å²) >= 11 is 0. The van der Waals surface area contributed by atoms with Crippen molar-refractivity contribution in [1.82, 2.24) is 0 Å². The van der Waals surface area contributed by atoms with E-state index in [0.717, 1.165) is 12.8 Å². The number of hydrogen-bond acceptors (Lipinski definition) is 4. The van der Waals surface area contributed by atoms with E-state index in [4.69, 9.17) is 0 Å². The molecule has 2 heterocycles. The Labute approximate surface area is 97.6 Å². The molecule has 2 aliphatic rings. The third-order valence-electron chi connectivity index (χ3n) is 3.43. The van der Waals surface area contributed by atoms with Gasteiger partial charge in [0, 0.05) is 0 Å². The highest BCUT2D eigenvalue weighted by Crippen LogP contribution is 2.33. The third-order valence-corrected chi connectivity index (χ3v) is 3.43. The summed E-state index contributed by atoms with van der Waals surface area (Å²) in [6, 6.07) is 0. The zero-order valence-corrected chi connectivity index (χ0v) is 10.4. The molecular formula is C12H22N4. The van der Waals surface area contributed by atoms with Crippen molar-refractivity contribution in [1.29, 1.82) is 0 Å². The first kappa shape index (κ1) is 11.7. The van der Waals surface area contributed by atoms with Crippen LogP contribution < -0.4 is 0 Å². The first-order chi connectivity index (χ1) is 7.62. The van der Waals surface area contributed by atoms with Gasteiger partial charge in [-0.05, 0) is 39.5 Å². The largest absolute Gasteiger partial charge is 0.188 e. The van der Waals surface area contributed by atoms with Crippen molar-refractivity contribution >= 4 is 0 Å². The van der Waals surface area contributed by atoms with Crippen LogP contribution in [0, 0.1) is 0 Å². The summed E-state index contributed by atoms with van der Waals surface area (Å²) in [5.74, 6) is 0. The van der Waals surface area contributed by atoms with Gasteiger partial charge in [0.05, 0.1) is 0 Å². The van der Waals surface area contributed by atoms with E-state index in [9.17, 15) is 0 Å². The Kier molecular flexibility index (Phi) is 3.36. The fourth-order valence-corrected chi connectivity index (χ4v) is 2.00. The second kappa shape index (κ2) is 4.60. The molecule has 0 amide bonds. The molecule has 0 N–H and O–H groups in total. The van der Waals surface area contributed by atoms with E-state index in [1.54, 1.807) is 0 Å². The van der Waals surface area contributed by atoms with Gasteiger partial charge in [0.25, 0.3) is 0 Å². The maximum atomic E-state index is 4.02. The molecule has 0 aromatic rings. The van der Waals surface area contributed by atoms with E-state index in [1.165, 1.54) is 38.5 Å². The van der Waals surface area contributed by atoms with Crippen molar-refractivity contribution in [3.63, 3.8) is 0 Å². The average molecular weight is 222 g/mol. The number of rotatable bonds is 9. The summed E-state index contributed by atoms with van der Waals surface area (Å²) in [4.78, 5) is 0. The highest BCUT2D eigenvalue weighted by atomic mass is 15.4. The van der Waals surface area contributed by atoms with Crippen LogP contribution in [-0.2, 0) is 0 Å². The van der Waals surface area contributed by atoms with Crippen LogP contribution in [-0.4, -0.2) is 11.3 Å². The van der Waals surface area contributed by atoms with E-state index in [0.29, 0.717) is 0 Å². The molecule has 4 heteroatoms. The van der Waals surface area contributed by atoms with Crippen LogP contribution in [0.4, 0.5) is 0 Å². The second-order valence-electron chi connectivity index (χ2n) is 5.46. The van der Waals surface area contributed by atoms with Gasteiger partial charge in [0.15, 0.2) is 11.3 Å². The maximum Gasteiger partial charge on any atom is 0.188 e. The molecule has 0 fully saturated rings. The summed E-state index contributed by atoms with van der Waals surface area (Å²) in [6.07, 6.45) is 10.2. The highest BCUT2D eigenvalue weighted by molar-refractivity contribution is 4.88. The number of unbranched alkanes of at least 4 members (excludes halogenated alkanes) is 5. The summed E-state index contributed by atoms with van der Waals surface area (Å²) < 4.78 is 0. The quantitative estimate of drug-likeness (QED) is 0.517. The molecule has 0 aromatic carbocycles. The molecule has 0 saturated heterocycles. The van der Waals surface area contributed by atoms with Crippen molar-refractivity contribution in [3.8, 4) is 0 Å². The molecule has 0 bridgehead atoms. The van der Waals surface area contributed by atoms with Crippen LogP contribution in [0.3, 0.4) is 0 Å².